The smallest absolute Gasteiger partial charge is 0.178 e. The monoisotopic (exact) mass is 272 g/mol. The van der Waals surface area contributed by atoms with Gasteiger partial charge in [-0.15, -0.1) is 0 Å². The van der Waals surface area contributed by atoms with Gasteiger partial charge in [-0.1, -0.05) is 11.6 Å². The summed E-state index contributed by atoms with van der Waals surface area (Å²) >= 11 is 5.86. The maximum atomic E-state index is 11.4. The van der Waals surface area contributed by atoms with Crippen LogP contribution < -0.4 is 0 Å². The molecule has 3 rings (SSSR count). The van der Waals surface area contributed by atoms with E-state index in [-0.39, 0.29) is 5.78 Å². The summed E-state index contributed by atoms with van der Waals surface area (Å²) in [6.07, 6.45) is 4.77. The third-order valence-corrected chi connectivity index (χ3v) is 3.02. The van der Waals surface area contributed by atoms with Gasteiger partial charge < -0.3 is 4.42 Å². The van der Waals surface area contributed by atoms with Crippen molar-refractivity contribution in [3.05, 3.63) is 47.6 Å². The molecule has 0 spiro atoms. The zero-order chi connectivity index (χ0) is 13.4. The minimum absolute atomic E-state index is 0.0781. The van der Waals surface area contributed by atoms with Crippen molar-refractivity contribution in [3.8, 4) is 11.1 Å². The van der Waals surface area contributed by atoms with E-state index in [9.17, 15) is 4.79 Å². The molecule has 0 amide bonds. The van der Waals surface area contributed by atoms with E-state index in [1.807, 2.05) is 6.07 Å². The van der Waals surface area contributed by atoms with Gasteiger partial charge in [-0.25, -0.2) is 0 Å². The van der Waals surface area contributed by atoms with Crippen LogP contribution in [0.1, 0.15) is 17.4 Å². The van der Waals surface area contributed by atoms with Crippen LogP contribution in [0.15, 0.2) is 41.3 Å². The first-order valence-corrected chi connectivity index (χ1v) is 6.03. The van der Waals surface area contributed by atoms with Gasteiger partial charge in [-0.2, -0.15) is 0 Å². The summed E-state index contributed by atoms with van der Waals surface area (Å²) < 4.78 is 5.43. The largest absolute Gasteiger partial charge is 0.462 e. The third kappa shape index (κ3) is 2.11. The number of aromatic nitrogens is 2. The molecule has 3 aromatic heterocycles. The molecule has 3 aromatic rings. The van der Waals surface area contributed by atoms with Crippen LogP contribution in [0.25, 0.3) is 22.2 Å². The fraction of sp³-hybridized carbons (Fsp3) is 0.0714. The Bertz CT molecular complexity index is 780. The predicted molar refractivity (Wildman–Crippen MR) is 72.3 cm³/mol. The molecular weight excluding hydrogens is 264 g/mol. The molecule has 19 heavy (non-hydrogen) atoms. The van der Waals surface area contributed by atoms with Crippen LogP contribution in [0.5, 0.6) is 0 Å². The van der Waals surface area contributed by atoms with Crippen molar-refractivity contribution in [1.82, 2.24) is 9.97 Å². The molecule has 0 saturated carbocycles. The average molecular weight is 273 g/mol. The second kappa shape index (κ2) is 4.48. The van der Waals surface area contributed by atoms with E-state index in [4.69, 9.17) is 16.0 Å². The summed E-state index contributed by atoms with van der Waals surface area (Å²) in [5.41, 5.74) is 3.40. The summed E-state index contributed by atoms with van der Waals surface area (Å²) in [5.74, 6) is -0.0781. The van der Waals surface area contributed by atoms with Crippen molar-refractivity contribution >= 4 is 28.5 Å². The Morgan fingerprint density at radius 2 is 2.16 bits per heavy atom. The Balaban J connectivity index is 2.19. The number of carbonyl (C=O) groups excluding carboxylic acids is 1. The number of rotatable bonds is 2. The molecule has 0 aliphatic heterocycles. The van der Waals surface area contributed by atoms with Crippen molar-refractivity contribution in [2.45, 2.75) is 6.92 Å². The standard InChI is InChI=1S/C14H9ClN2O2/c1-8(18)12-4-9(2-3-16-12)11-7-19-13-5-10(15)6-17-14(11)13/h2-7H,1H3. The Labute approximate surface area is 114 Å². The summed E-state index contributed by atoms with van der Waals surface area (Å²) in [7, 11) is 0. The van der Waals surface area contributed by atoms with Crippen LogP contribution in [-0.4, -0.2) is 15.8 Å². The number of carbonyl (C=O) groups is 1. The Morgan fingerprint density at radius 1 is 1.32 bits per heavy atom. The lowest BCUT2D eigenvalue weighted by Crippen LogP contribution is -1.95. The van der Waals surface area contributed by atoms with Crippen LogP contribution >= 0.6 is 11.6 Å². The van der Waals surface area contributed by atoms with Crippen LogP contribution in [0.3, 0.4) is 0 Å². The number of hydrogen-bond acceptors (Lipinski definition) is 4. The molecule has 0 unspecified atom stereocenters. The summed E-state index contributed by atoms with van der Waals surface area (Å²) in [4.78, 5) is 19.6. The lowest BCUT2D eigenvalue weighted by atomic mass is 10.1. The highest BCUT2D eigenvalue weighted by atomic mass is 35.5. The molecule has 0 aliphatic carbocycles. The number of halogens is 1. The molecule has 0 N–H and O–H groups in total. The number of pyridine rings is 2. The molecule has 0 aromatic carbocycles. The molecule has 0 aliphatic rings. The van der Waals surface area contributed by atoms with E-state index in [2.05, 4.69) is 9.97 Å². The van der Waals surface area contributed by atoms with Gasteiger partial charge >= 0.3 is 0 Å². The highest BCUT2D eigenvalue weighted by Crippen LogP contribution is 2.30. The first kappa shape index (κ1) is 11.9. The molecule has 0 bridgehead atoms. The number of fused-ring (bicyclic) bond motifs is 1. The number of furan rings is 1. The van der Waals surface area contributed by atoms with Crippen LogP contribution in [0.2, 0.25) is 5.02 Å². The fourth-order valence-corrected chi connectivity index (χ4v) is 2.03. The van der Waals surface area contributed by atoms with Gasteiger partial charge in [0.15, 0.2) is 11.4 Å². The van der Waals surface area contributed by atoms with Gasteiger partial charge in [0.2, 0.25) is 0 Å². The van der Waals surface area contributed by atoms with Gasteiger partial charge in [0, 0.05) is 30.9 Å². The maximum absolute atomic E-state index is 11.4. The van der Waals surface area contributed by atoms with Gasteiger partial charge in [-0.05, 0) is 17.7 Å². The Hall–Kier alpha value is -2.20. The van der Waals surface area contributed by atoms with Gasteiger partial charge in [0.05, 0.1) is 5.02 Å². The first-order chi connectivity index (χ1) is 9.15. The van der Waals surface area contributed by atoms with E-state index in [0.29, 0.717) is 21.8 Å². The molecule has 94 valence electrons. The predicted octanol–water partition coefficient (Wildman–Crippen LogP) is 3.75. The highest BCUT2D eigenvalue weighted by molar-refractivity contribution is 6.31. The van der Waals surface area contributed by atoms with Crippen molar-refractivity contribution in [3.63, 3.8) is 0 Å². The molecule has 4 nitrogen and oxygen atoms in total. The van der Waals surface area contributed by atoms with Crippen LogP contribution in [0, 0.1) is 0 Å². The van der Waals surface area contributed by atoms with Crippen LogP contribution in [0.4, 0.5) is 0 Å². The first-order valence-electron chi connectivity index (χ1n) is 5.65. The van der Waals surface area contributed by atoms with Gasteiger partial charge in [0.25, 0.3) is 0 Å². The molecule has 0 saturated heterocycles. The van der Waals surface area contributed by atoms with Gasteiger partial charge in [-0.3, -0.25) is 14.8 Å². The minimum Gasteiger partial charge on any atom is -0.462 e. The molecule has 3 heterocycles. The molecule has 0 radical (unpaired) electrons. The Kier molecular flexibility index (Phi) is 2.80. The molecule has 0 atom stereocenters. The van der Waals surface area contributed by atoms with E-state index in [1.165, 1.54) is 6.92 Å². The van der Waals surface area contributed by atoms with E-state index < -0.39 is 0 Å². The molecule has 0 fully saturated rings. The van der Waals surface area contributed by atoms with E-state index >= 15 is 0 Å². The zero-order valence-electron chi connectivity index (χ0n) is 10.1. The van der Waals surface area contributed by atoms with E-state index in [1.54, 1.807) is 30.8 Å². The number of ketones is 1. The number of nitrogens with zero attached hydrogens (tertiary/aromatic N) is 2. The summed E-state index contributed by atoms with van der Waals surface area (Å²) in [5, 5.41) is 0.521. The third-order valence-electron chi connectivity index (χ3n) is 2.81. The Morgan fingerprint density at radius 3 is 2.95 bits per heavy atom. The maximum Gasteiger partial charge on any atom is 0.178 e. The van der Waals surface area contributed by atoms with Crippen molar-refractivity contribution in [2.24, 2.45) is 0 Å². The van der Waals surface area contributed by atoms with Crippen molar-refractivity contribution < 1.29 is 9.21 Å². The zero-order valence-corrected chi connectivity index (χ0v) is 10.8. The topological polar surface area (TPSA) is 56.0 Å². The second-order valence-electron chi connectivity index (χ2n) is 4.14. The lowest BCUT2D eigenvalue weighted by molar-refractivity contribution is 0.101. The normalized spacial score (nSPS) is 10.8. The second-order valence-corrected chi connectivity index (χ2v) is 4.57. The van der Waals surface area contributed by atoms with E-state index in [0.717, 1.165) is 11.1 Å². The SMILES string of the molecule is CC(=O)c1cc(-c2coc3cc(Cl)cnc23)ccn1. The highest BCUT2D eigenvalue weighted by Gasteiger charge is 2.11. The summed E-state index contributed by atoms with van der Waals surface area (Å²) in [6.45, 7) is 1.48. The van der Waals surface area contributed by atoms with Gasteiger partial charge in [0.1, 0.15) is 17.5 Å². The minimum atomic E-state index is -0.0781. The van der Waals surface area contributed by atoms with Crippen molar-refractivity contribution in [2.75, 3.05) is 0 Å². The quantitative estimate of drug-likeness (QED) is 0.667. The summed E-state index contributed by atoms with van der Waals surface area (Å²) in [6, 6.07) is 5.25. The van der Waals surface area contributed by atoms with Crippen LogP contribution in [-0.2, 0) is 0 Å². The average Bonchev–Trinajstić information content (AvgIpc) is 2.81. The number of hydrogen-bond donors (Lipinski definition) is 0. The lowest BCUT2D eigenvalue weighted by Gasteiger charge is -2.00. The molecular formula is C14H9ClN2O2. The number of Topliss-reactive ketones (excluding diaryl/α,β-unsaturated/α-hetero) is 1. The van der Waals surface area contributed by atoms with Crippen molar-refractivity contribution in [1.29, 1.82) is 0 Å². The molecule has 5 heteroatoms. The fourth-order valence-electron chi connectivity index (χ4n) is 1.89.